The molecule has 0 aliphatic heterocycles. The molecule has 0 unspecified atom stereocenters. The molecule has 0 aliphatic carbocycles. The first-order valence-corrected chi connectivity index (χ1v) is 13.1. The van der Waals surface area contributed by atoms with Gasteiger partial charge in [-0.05, 0) is 36.2 Å². The van der Waals surface area contributed by atoms with Crippen molar-refractivity contribution in [3.05, 3.63) is 72.2 Å². The van der Waals surface area contributed by atoms with Gasteiger partial charge in [-0.2, -0.15) is 9.97 Å². The fourth-order valence-electron chi connectivity index (χ4n) is 2.95. The molecule has 0 radical (unpaired) electrons. The van der Waals surface area contributed by atoms with Crippen LogP contribution in [0.5, 0.6) is 0 Å². The van der Waals surface area contributed by atoms with Crippen molar-refractivity contribution < 1.29 is 18.0 Å². The van der Waals surface area contributed by atoms with E-state index in [-0.39, 0.29) is 34.6 Å². The predicted octanol–water partition coefficient (Wildman–Crippen LogP) is 3.77. The van der Waals surface area contributed by atoms with Gasteiger partial charge in [0.25, 0.3) is 5.89 Å². The molecule has 0 spiro atoms. The number of nitrogen functional groups attached to an aromatic ring is 1. The van der Waals surface area contributed by atoms with E-state index >= 15 is 0 Å². The Morgan fingerprint density at radius 1 is 1.03 bits per heavy atom. The van der Waals surface area contributed by atoms with Gasteiger partial charge < -0.3 is 20.7 Å². The number of aromatic nitrogens is 4. The summed E-state index contributed by atoms with van der Waals surface area (Å²) in [5, 5.41) is 15.4. The number of nitrogens with zero attached hydrogens (tertiary/aromatic N) is 4. The second-order valence-electron chi connectivity index (χ2n) is 9.05. The maximum absolute atomic E-state index is 11.5. The van der Waals surface area contributed by atoms with E-state index in [0.717, 1.165) is 12.7 Å². The minimum atomic E-state index is -3.25. The van der Waals surface area contributed by atoms with Gasteiger partial charge in [-0.25, -0.2) is 13.4 Å². The van der Waals surface area contributed by atoms with E-state index in [1.807, 2.05) is 51.1 Å². The first-order chi connectivity index (χ1) is 17.0. The summed E-state index contributed by atoms with van der Waals surface area (Å²) in [5.74, 6) is 1.26. The van der Waals surface area contributed by atoms with Crippen LogP contribution in [0.25, 0.3) is 11.5 Å². The number of anilines is 3. The first kappa shape index (κ1) is 26.8. The highest BCUT2D eigenvalue weighted by molar-refractivity contribution is 7.90. The zero-order valence-electron chi connectivity index (χ0n) is 20.6. The molecular weight excluding hydrogens is 480 g/mol. The third kappa shape index (κ3) is 7.33. The van der Waals surface area contributed by atoms with Gasteiger partial charge in [0, 0.05) is 30.2 Å². The molecule has 2 aromatic heterocycles. The summed E-state index contributed by atoms with van der Waals surface area (Å²) in [6.07, 6.45) is 3.41. The van der Waals surface area contributed by atoms with Gasteiger partial charge in [-0.15, -0.1) is 0 Å². The van der Waals surface area contributed by atoms with Crippen LogP contribution in [-0.4, -0.2) is 46.5 Å². The molecular formula is C25H30N6O4S. The predicted molar refractivity (Wildman–Crippen MR) is 139 cm³/mol. The fourth-order valence-corrected chi connectivity index (χ4v) is 3.58. The van der Waals surface area contributed by atoms with E-state index in [1.165, 1.54) is 23.9 Å². The van der Waals surface area contributed by atoms with E-state index in [0.29, 0.717) is 17.1 Å². The van der Waals surface area contributed by atoms with Crippen LogP contribution in [0.15, 0.2) is 70.2 Å². The van der Waals surface area contributed by atoms with Crippen molar-refractivity contribution >= 4 is 27.3 Å². The number of sulfone groups is 1. The van der Waals surface area contributed by atoms with Crippen molar-refractivity contribution in [3.63, 3.8) is 0 Å². The maximum Gasteiger partial charge on any atom is 0.263 e. The van der Waals surface area contributed by atoms with Crippen LogP contribution in [0.2, 0.25) is 0 Å². The van der Waals surface area contributed by atoms with Crippen molar-refractivity contribution in [3.8, 4) is 11.5 Å². The Labute approximate surface area is 210 Å². The Morgan fingerprint density at radius 3 is 2.22 bits per heavy atom. The number of aliphatic hydroxyl groups is 1. The third-order valence-corrected chi connectivity index (χ3v) is 6.06. The molecule has 0 amide bonds. The number of hydrogen-bond donors (Lipinski definition) is 3. The van der Waals surface area contributed by atoms with E-state index in [2.05, 4.69) is 25.4 Å². The number of nitrogens with two attached hydrogens (primary N) is 1. The zero-order valence-corrected chi connectivity index (χ0v) is 21.5. The Hall–Kier alpha value is -3.83. The Morgan fingerprint density at radius 2 is 1.69 bits per heavy atom. The number of rotatable bonds is 6. The second kappa shape index (κ2) is 11.3. The molecule has 0 saturated carbocycles. The molecule has 4 aromatic rings. The lowest BCUT2D eigenvalue weighted by Crippen LogP contribution is -2.13. The molecule has 10 nitrogen and oxygen atoms in total. The highest BCUT2D eigenvalue weighted by Gasteiger charge is 2.23. The molecule has 2 heterocycles. The average molecular weight is 511 g/mol. The van der Waals surface area contributed by atoms with Gasteiger partial charge in [0.1, 0.15) is 11.4 Å². The summed E-state index contributed by atoms with van der Waals surface area (Å²) in [6.45, 7) is 6.17. The molecule has 4 N–H and O–H groups in total. The molecule has 4 rings (SSSR count). The van der Waals surface area contributed by atoms with Crippen molar-refractivity contribution in [2.24, 2.45) is 0 Å². The van der Waals surface area contributed by atoms with Crippen molar-refractivity contribution in [1.29, 1.82) is 0 Å². The number of benzene rings is 2. The van der Waals surface area contributed by atoms with E-state index in [9.17, 15) is 8.42 Å². The van der Waals surface area contributed by atoms with Gasteiger partial charge >= 0.3 is 0 Å². The summed E-state index contributed by atoms with van der Waals surface area (Å²) in [7, 11) is -3.25. The number of nitrogens with one attached hydrogen (secondary N) is 1. The summed E-state index contributed by atoms with van der Waals surface area (Å²) < 4.78 is 28.3. The quantitative estimate of drug-likeness (QED) is 0.349. The Kier molecular flexibility index (Phi) is 8.38. The van der Waals surface area contributed by atoms with Crippen LogP contribution in [0.4, 0.5) is 17.5 Å². The lowest BCUT2D eigenvalue weighted by Gasteiger charge is -2.11. The minimum absolute atomic E-state index is 0.185. The Bertz CT molecular complexity index is 1380. The molecule has 11 heteroatoms. The molecule has 2 aromatic carbocycles. The summed E-state index contributed by atoms with van der Waals surface area (Å²) in [5.41, 5.74) is 8.02. The van der Waals surface area contributed by atoms with Gasteiger partial charge in [0.2, 0.25) is 5.95 Å². The van der Waals surface area contributed by atoms with Crippen molar-refractivity contribution in [1.82, 2.24) is 20.1 Å². The van der Waals surface area contributed by atoms with Gasteiger partial charge in [-0.1, -0.05) is 56.3 Å². The number of hydrogen-bond acceptors (Lipinski definition) is 10. The highest BCUT2D eigenvalue weighted by Crippen LogP contribution is 2.27. The Balaban J connectivity index is 0.000000338. The standard InChI is InChI=1S/C17H20N6O3S.C8H10O/c1-17(2,3)15-22-14(26-23-15)12-9-19-16(21-13(12)18)20-10-5-7-11(8-6-10)27(4,24)25;9-7-6-8-4-2-1-3-5-8/h5-9H,1-4H3,(H3,18,19,20,21);1-5,9H,6-7H2. The van der Waals surface area contributed by atoms with Gasteiger partial charge in [-0.3, -0.25) is 0 Å². The molecule has 0 fully saturated rings. The fraction of sp³-hybridized carbons (Fsp3) is 0.280. The van der Waals surface area contributed by atoms with Crippen molar-refractivity contribution in [2.45, 2.75) is 37.5 Å². The summed E-state index contributed by atoms with van der Waals surface area (Å²) >= 11 is 0. The van der Waals surface area contributed by atoms with Crippen LogP contribution in [-0.2, 0) is 21.7 Å². The largest absolute Gasteiger partial charge is 0.396 e. The smallest absolute Gasteiger partial charge is 0.263 e. The second-order valence-corrected chi connectivity index (χ2v) is 11.1. The van der Waals surface area contributed by atoms with Crippen LogP contribution in [0.1, 0.15) is 32.2 Å². The highest BCUT2D eigenvalue weighted by atomic mass is 32.2. The molecule has 0 atom stereocenters. The monoisotopic (exact) mass is 510 g/mol. The molecule has 0 bridgehead atoms. The molecule has 190 valence electrons. The number of aliphatic hydroxyl groups excluding tert-OH is 1. The van der Waals surface area contributed by atoms with Crippen molar-refractivity contribution in [2.75, 3.05) is 23.9 Å². The van der Waals surface area contributed by atoms with Crippen LogP contribution in [0.3, 0.4) is 0 Å². The van der Waals surface area contributed by atoms with Crippen LogP contribution >= 0.6 is 0 Å². The lowest BCUT2D eigenvalue weighted by molar-refractivity contribution is 0.299. The SMILES string of the molecule is CC(C)(C)c1noc(-c2cnc(Nc3ccc(S(C)(=O)=O)cc3)nc2N)n1.OCCc1ccccc1. The molecule has 36 heavy (non-hydrogen) atoms. The minimum Gasteiger partial charge on any atom is -0.396 e. The molecule has 0 aliphatic rings. The summed E-state index contributed by atoms with van der Waals surface area (Å²) in [4.78, 5) is 13.0. The zero-order chi connectivity index (χ0) is 26.3. The van der Waals surface area contributed by atoms with E-state index < -0.39 is 9.84 Å². The normalized spacial score (nSPS) is 11.5. The van der Waals surface area contributed by atoms with E-state index in [4.69, 9.17) is 15.4 Å². The van der Waals surface area contributed by atoms with Crippen LogP contribution in [0, 0.1) is 0 Å². The lowest BCUT2D eigenvalue weighted by atomic mass is 9.96. The van der Waals surface area contributed by atoms with E-state index in [1.54, 1.807) is 12.1 Å². The third-order valence-electron chi connectivity index (χ3n) is 4.93. The van der Waals surface area contributed by atoms with Gasteiger partial charge in [0.05, 0.1) is 4.90 Å². The van der Waals surface area contributed by atoms with Gasteiger partial charge in [0.15, 0.2) is 15.7 Å². The summed E-state index contributed by atoms with van der Waals surface area (Å²) in [6, 6.07) is 16.2. The van der Waals surface area contributed by atoms with Crippen LogP contribution < -0.4 is 11.1 Å². The molecule has 0 saturated heterocycles. The first-order valence-electron chi connectivity index (χ1n) is 11.2. The maximum atomic E-state index is 11.5. The topological polar surface area (TPSA) is 157 Å². The average Bonchev–Trinajstić information content (AvgIpc) is 3.31.